The van der Waals surface area contributed by atoms with Crippen LogP contribution >= 0.6 is 11.3 Å². The molecular weight excluding hydrogens is 364 g/mol. The largest absolute Gasteiger partial charge is 0.494 e. The fourth-order valence-electron chi connectivity index (χ4n) is 3.99. The Kier molecular flexibility index (Phi) is 5.96. The van der Waals surface area contributed by atoms with Crippen molar-refractivity contribution in [1.82, 2.24) is 4.57 Å². The summed E-state index contributed by atoms with van der Waals surface area (Å²) >= 11 is 1.68. The van der Waals surface area contributed by atoms with E-state index in [4.69, 9.17) is 9.73 Å². The van der Waals surface area contributed by atoms with Gasteiger partial charge in [-0.2, -0.15) is 0 Å². The smallest absolute Gasteiger partial charge is 0.190 e. The minimum Gasteiger partial charge on any atom is -0.494 e. The number of nitrogens with zero attached hydrogens (tertiary/aromatic N) is 2. The van der Waals surface area contributed by atoms with Crippen LogP contribution in [-0.2, 0) is 7.05 Å². The van der Waals surface area contributed by atoms with Crippen LogP contribution in [0.25, 0.3) is 11.3 Å². The van der Waals surface area contributed by atoms with E-state index < -0.39 is 0 Å². The van der Waals surface area contributed by atoms with Gasteiger partial charge in [-0.05, 0) is 61.1 Å². The Labute approximate surface area is 171 Å². The van der Waals surface area contributed by atoms with Crippen molar-refractivity contribution in [3.63, 3.8) is 0 Å². The van der Waals surface area contributed by atoms with E-state index in [1.54, 1.807) is 11.3 Å². The Balaban J connectivity index is 1.56. The first-order chi connectivity index (χ1) is 13.7. The zero-order chi connectivity index (χ0) is 19.3. The van der Waals surface area contributed by atoms with Gasteiger partial charge in [-0.25, -0.2) is 4.99 Å². The van der Waals surface area contributed by atoms with E-state index in [0.29, 0.717) is 6.61 Å². The van der Waals surface area contributed by atoms with Crippen LogP contribution in [0.3, 0.4) is 0 Å². The van der Waals surface area contributed by atoms with Crippen LogP contribution < -0.4 is 9.54 Å². The first-order valence-corrected chi connectivity index (χ1v) is 11.1. The number of hydrogen-bond donors (Lipinski definition) is 0. The Bertz CT molecular complexity index is 961. The molecule has 2 aromatic carbocycles. The standard InChI is InChI=1S/C24H28N2OS/c1-3-27-22-15-13-21(14-16-22)25-24-26(2)23(17-28-24)20-11-9-19(10-12-20)18-7-5-4-6-8-18/h9-18H,3-8H2,1-2H3. The molecule has 1 saturated carbocycles. The van der Waals surface area contributed by atoms with Crippen LogP contribution in [0.1, 0.15) is 50.5 Å². The van der Waals surface area contributed by atoms with Crippen LogP contribution in [0.2, 0.25) is 0 Å². The molecule has 3 nitrogen and oxygen atoms in total. The highest BCUT2D eigenvalue weighted by molar-refractivity contribution is 7.07. The van der Waals surface area contributed by atoms with Crippen molar-refractivity contribution in [2.45, 2.75) is 44.9 Å². The van der Waals surface area contributed by atoms with Crippen LogP contribution in [0.5, 0.6) is 5.75 Å². The molecule has 0 spiro atoms. The molecule has 0 radical (unpaired) electrons. The summed E-state index contributed by atoms with van der Waals surface area (Å²) in [7, 11) is 2.09. The molecule has 4 heteroatoms. The summed E-state index contributed by atoms with van der Waals surface area (Å²) in [5, 5.41) is 2.20. The highest BCUT2D eigenvalue weighted by Crippen LogP contribution is 2.33. The molecule has 0 atom stereocenters. The third-order valence-electron chi connectivity index (χ3n) is 5.58. The Hall–Kier alpha value is -2.33. The van der Waals surface area contributed by atoms with E-state index in [-0.39, 0.29) is 0 Å². The fraction of sp³-hybridized carbons (Fsp3) is 0.375. The van der Waals surface area contributed by atoms with Crippen molar-refractivity contribution >= 4 is 17.0 Å². The lowest BCUT2D eigenvalue weighted by Gasteiger charge is -2.22. The van der Waals surface area contributed by atoms with E-state index in [2.05, 4.69) is 41.3 Å². The monoisotopic (exact) mass is 392 g/mol. The minimum absolute atomic E-state index is 0.680. The quantitative estimate of drug-likeness (QED) is 0.491. The van der Waals surface area contributed by atoms with Crippen molar-refractivity contribution in [3.05, 3.63) is 64.3 Å². The van der Waals surface area contributed by atoms with E-state index in [1.807, 2.05) is 31.2 Å². The summed E-state index contributed by atoms with van der Waals surface area (Å²) in [4.78, 5) is 5.80. The van der Waals surface area contributed by atoms with Crippen molar-refractivity contribution in [2.24, 2.45) is 12.0 Å². The van der Waals surface area contributed by atoms with Crippen molar-refractivity contribution < 1.29 is 4.74 Å². The number of rotatable bonds is 5. The lowest BCUT2D eigenvalue weighted by molar-refractivity contribution is 0.340. The molecule has 0 N–H and O–H groups in total. The van der Waals surface area contributed by atoms with Gasteiger partial charge in [0.1, 0.15) is 5.75 Å². The second-order valence-electron chi connectivity index (χ2n) is 7.46. The SMILES string of the molecule is CCOc1ccc(N=c2scc(-c3ccc(C4CCCCC4)cc3)n2C)cc1. The number of aromatic nitrogens is 1. The molecule has 1 heterocycles. The van der Waals surface area contributed by atoms with Crippen molar-refractivity contribution in [1.29, 1.82) is 0 Å². The minimum atomic E-state index is 0.680. The van der Waals surface area contributed by atoms with Gasteiger partial charge in [0.2, 0.25) is 0 Å². The van der Waals surface area contributed by atoms with Gasteiger partial charge in [-0.15, -0.1) is 11.3 Å². The Morgan fingerprint density at radius 2 is 1.71 bits per heavy atom. The first kappa shape index (κ1) is 19.0. The van der Waals surface area contributed by atoms with E-state index in [9.17, 15) is 0 Å². The molecule has 0 unspecified atom stereocenters. The second kappa shape index (κ2) is 8.78. The van der Waals surface area contributed by atoms with Gasteiger partial charge >= 0.3 is 0 Å². The molecule has 1 aliphatic carbocycles. The van der Waals surface area contributed by atoms with Gasteiger partial charge in [-0.1, -0.05) is 43.5 Å². The lowest BCUT2D eigenvalue weighted by Crippen LogP contribution is -2.11. The summed E-state index contributed by atoms with van der Waals surface area (Å²) in [6.07, 6.45) is 6.85. The molecule has 0 saturated heterocycles. The van der Waals surface area contributed by atoms with Crippen molar-refractivity contribution in [3.8, 4) is 17.0 Å². The van der Waals surface area contributed by atoms with Crippen molar-refractivity contribution in [2.75, 3.05) is 6.61 Å². The fourth-order valence-corrected chi connectivity index (χ4v) is 4.91. The lowest BCUT2D eigenvalue weighted by atomic mass is 9.84. The average Bonchev–Trinajstić information content (AvgIpc) is 3.11. The maximum Gasteiger partial charge on any atom is 0.190 e. The summed E-state index contributed by atoms with van der Waals surface area (Å²) in [5.41, 5.74) is 4.91. The molecule has 1 aliphatic rings. The molecular formula is C24H28N2OS. The van der Waals surface area contributed by atoms with Crippen LogP contribution in [0.4, 0.5) is 5.69 Å². The second-order valence-corrected chi connectivity index (χ2v) is 8.29. The Morgan fingerprint density at radius 1 is 1.00 bits per heavy atom. The first-order valence-electron chi connectivity index (χ1n) is 10.3. The highest BCUT2D eigenvalue weighted by atomic mass is 32.1. The topological polar surface area (TPSA) is 26.5 Å². The normalized spacial score (nSPS) is 15.7. The summed E-state index contributed by atoms with van der Waals surface area (Å²) in [5.74, 6) is 1.64. The molecule has 0 bridgehead atoms. The van der Waals surface area contributed by atoms with Gasteiger partial charge in [-0.3, -0.25) is 0 Å². The number of benzene rings is 2. The van der Waals surface area contributed by atoms with Gasteiger partial charge in [0.05, 0.1) is 18.0 Å². The van der Waals surface area contributed by atoms with Gasteiger partial charge in [0.25, 0.3) is 0 Å². The third-order valence-corrected chi connectivity index (χ3v) is 6.50. The Morgan fingerprint density at radius 3 is 2.39 bits per heavy atom. The maximum atomic E-state index is 5.51. The molecule has 1 aromatic heterocycles. The maximum absolute atomic E-state index is 5.51. The summed E-state index contributed by atoms with van der Waals surface area (Å²) < 4.78 is 7.68. The molecule has 1 fully saturated rings. The number of hydrogen-bond acceptors (Lipinski definition) is 3. The summed E-state index contributed by atoms with van der Waals surface area (Å²) in [6.45, 7) is 2.67. The van der Waals surface area contributed by atoms with E-state index in [0.717, 1.165) is 22.2 Å². The predicted octanol–water partition coefficient (Wildman–Crippen LogP) is 6.43. The highest BCUT2D eigenvalue weighted by Gasteiger charge is 2.15. The molecule has 3 aromatic rings. The zero-order valence-electron chi connectivity index (χ0n) is 16.7. The molecule has 0 aliphatic heterocycles. The van der Waals surface area contributed by atoms with Crippen LogP contribution in [0, 0.1) is 0 Å². The van der Waals surface area contributed by atoms with Crippen LogP contribution in [0.15, 0.2) is 58.9 Å². The third kappa shape index (κ3) is 4.22. The predicted molar refractivity (Wildman–Crippen MR) is 117 cm³/mol. The molecule has 146 valence electrons. The summed E-state index contributed by atoms with van der Waals surface area (Å²) in [6, 6.07) is 17.1. The van der Waals surface area contributed by atoms with E-state index >= 15 is 0 Å². The number of ether oxygens (including phenoxy) is 1. The zero-order valence-corrected chi connectivity index (χ0v) is 17.5. The molecule has 4 rings (SSSR count). The number of thiazole rings is 1. The molecule has 0 amide bonds. The van der Waals surface area contributed by atoms with E-state index in [1.165, 1.54) is 48.9 Å². The van der Waals surface area contributed by atoms with Gasteiger partial charge < -0.3 is 9.30 Å². The van der Waals surface area contributed by atoms with Gasteiger partial charge in [0, 0.05) is 12.4 Å². The average molecular weight is 393 g/mol. The molecule has 28 heavy (non-hydrogen) atoms. The van der Waals surface area contributed by atoms with Crippen LogP contribution in [-0.4, -0.2) is 11.2 Å². The van der Waals surface area contributed by atoms with Gasteiger partial charge in [0.15, 0.2) is 4.80 Å².